The molecule has 0 spiro atoms. The van der Waals surface area contributed by atoms with E-state index in [1.165, 1.54) is 0 Å². The van der Waals surface area contributed by atoms with Crippen molar-refractivity contribution in [1.82, 2.24) is 4.83 Å². The van der Waals surface area contributed by atoms with Crippen LogP contribution in [0.3, 0.4) is 0 Å². The maximum atomic E-state index is 12.5. The minimum atomic E-state index is -3.73. The average molecular weight is 391 g/mol. The highest BCUT2D eigenvalue weighted by Crippen LogP contribution is 2.20. The fourth-order valence-corrected chi connectivity index (χ4v) is 3.55. The molecule has 1 N–H and O–H groups in total. The molecule has 3 aromatic carbocycles. The summed E-state index contributed by atoms with van der Waals surface area (Å²) in [5.74, 6) is 0. The van der Waals surface area contributed by atoms with Gasteiger partial charge in [0, 0.05) is 5.57 Å². The van der Waals surface area contributed by atoms with E-state index in [0.29, 0.717) is 5.71 Å². The summed E-state index contributed by atoms with van der Waals surface area (Å²) in [5, 5.41) is 4.18. The van der Waals surface area contributed by atoms with Crippen molar-refractivity contribution < 1.29 is 8.42 Å². The maximum Gasteiger partial charge on any atom is 0.276 e. The van der Waals surface area contributed by atoms with Gasteiger partial charge in [-0.05, 0) is 43.2 Å². The van der Waals surface area contributed by atoms with Gasteiger partial charge in [0.2, 0.25) is 0 Å². The molecule has 0 aliphatic rings. The smallest absolute Gasteiger partial charge is 0.200 e. The van der Waals surface area contributed by atoms with Crippen LogP contribution >= 0.6 is 0 Å². The first kappa shape index (κ1) is 19.6. The van der Waals surface area contributed by atoms with Crippen LogP contribution in [0.25, 0.3) is 11.6 Å². The monoisotopic (exact) mass is 390 g/mol. The Hall–Kier alpha value is -3.18. The topological polar surface area (TPSA) is 58.5 Å². The lowest BCUT2D eigenvalue weighted by atomic mass is 9.99. The molecule has 0 radical (unpaired) electrons. The summed E-state index contributed by atoms with van der Waals surface area (Å²) in [6, 6.07) is 26.3. The van der Waals surface area contributed by atoms with Crippen molar-refractivity contribution in [3.63, 3.8) is 0 Å². The Labute approximate surface area is 166 Å². The van der Waals surface area contributed by atoms with E-state index in [2.05, 4.69) is 9.93 Å². The van der Waals surface area contributed by atoms with Gasteiger partial charge in [0.25, 0.3) is 10.0 Å². The van der Waals surface area contributed by atoms with E-state index >= 15 is 0 Å². The maximum absolute atomic E-state index is 12.5. The largest absolute Gasteiger partial charge is 0.276 e. The normalized spacial score (nSPS) is 12.6. The van der Waals surface area contributed by atoms with Crippen molar-refractivity contribution in [2.45, 2.75) is 18.7 Å². The van der Waals surface area contributed by atoms with Crippen molar-refractivity contribution in [3.8, 4) is 0 Å². The van der Waals surface area contributed by atoms with E-state index in [9.17, 15) is 8.42 Å². The van der Waals surface area contributed by atoms with Crippen molar-refractivity contribution in [1.29, 1.82) is 0 Å². The molecule has 28 heavy (non-hydrogen) atoms. The lowest BCUT2D eigenvalue weighted by Crippen LogP contribution is -2.20. The number of nitrogens with one attached hydrogen (secondary N) is 1. The van der Waals surface area contributed by atoms with E-state index in [1.807, 2.05) is 73.7 Å². The van der Waals surface area contributed by atoms with E-state index in [4.69, 9.17) is 0 Å². The van der Waals surface area contributed by atoms with Gasteiger partial charge in [-0.15, -0.1) is 0 Å². The van der Waals surface area contributed by atoms with Crippen LogP contribution in [-0.2, 0) is 10.0 Å². The average Bonchev–Trinajstić information content (AvgIpc) is 2.72. The molecule has 0 heterocycles. The van der Waals surface area contributed by atoms with Gasteiger partial charge >= 0.3 is 0 Å². The summed E-state index contributed by atoms with van der Waals surface area (Å²) in [5.41, 5.74) is 4.39. The van der Waals surface area contributed by atoms with Crippen LogP contribution in [0.2, 0.25) is 0 Å². The second-order valence-corrected chi connectivity index (χ2v) is 8.10. The molecule has 3 rings (SSSR count). The summed E-state index contributed by atoms with van der Waals surface area (Å²) < 4.78 is 25.1. The first-order chi connectivity index (χ1) is 13.5. The van der Waals surface area contributed by atoms with Gasteiger partial charge in [0.05, 0.1) is 10.6 Å². The molecule has 0 bridgehead atoms. The third-order valence-corrected chi connectivity index (χ3v) is 5.47. The molecule has 0 saturated carbocycles. The predicted molar refractivity (Wildman–Crippen MR) is 115 cm³/mol. The molecule has 0 aliphatic heterocycles. The Morgan fingerprint density at radius 3 is 2.04 bits per heavy atom. The molecule has 0 aliphatic carbocycles. The number of allylic oxidation sites excluding steroid dienone is 1. The number of aryl methyl sites for hydroxylation is 1. The number of nitrogens with zero attached hydrogens (tertiary/aromatic N) is 1. The molecule has 0 amide bonds. The molecule has 0 unspecified atom stereocenters. The number of sulfonamides is 1. The molecule has 3 aromatic rings. The standard InChI is InChI=1S/C23H22N2O2S/c1-18-13-15-22(16-14-18)28(26,27)25-24-19(2)23(21-11-7-4-8-12-21)17-20-9-5-3-6-10-20/h3-17,25H,1-2H3/b23-17+,24-19+. The number of hydrazone groups is 1. The van der Waals surface area contributed by atoms with Gasteiger partial charge < -0.3 is 0 Å². The fourth-order valence-electron chi connectivity index (χ4n) is 2.69. The SMILES string of the molecule is CC(=N\NS(=O)(=O)c1ccc(C)cc1)/C(=C\c1ccccc1)c1ccccc1. The Morgan fingerprint density at radius 1 is 0.857 bits per heavy atom. The van der Waals surface area contributed by atoms with E-state index < -0.39 is 10.0 Å². The van der Waals surface area contributed by atoms with Crippen molar-refractivity contribution in [2.75, 3.05) is 0 Å². The highest BCUT2D eigenvalue weighted by Gasteiger charge is 2.13. The Kier molecular flexibility index (Phi) is 6.06. The van der Waals surface area contributed by atoms with Gasteiger partial charge in [0.1, 0.15) is 0 Å². The second-order valence-electron chi connectivity index (χ2n) is 6.44. The van der Waals surface area contributed by atoms with Gasteiger partial charge in [-0.25, -0.2) is 0 Å². The van der Waals surface area contributed by atoms with Gasteiger partial charge in [-0.2, -0.15) is 18.4 Å². The molecule has 0 fully saturated rings. The highest BCUT2D eigenvalue weighted by molar-refractivity contribution is 7.89. The van der Waals surface area contributed by atoms with Gasteiger partial charge in [-0.3, -0.25) is 0 Å². The third kappa shape index (κ3) is 4.96. The lowest BCUT2D eigenvalue weighted by molar-refractivity contribution is 0.584. The van der Waals surface area contributed by atoms with Gasteiger partial charge in [-0.1, -0.05) is 78.4 Å². The van der Waals surface area contributed by atoms with Crippen molar-refractivity contribution in [2.24, 2.45) is 5.10 Å². The summed E-state index contributed by atoms with van der Waals surface area (Å²) in [4.78, 5) is 2.53. The van der Waals surface area contributed by atoms with Crippen LogP contribution < -0.4 is 4.83 Å². The first-order valence-corrected chi connectivity index (χ1v) is 10.4. The predicted octanol–water partition coefficient (Wildman–Crippen LogP) is 4.89. The lowest BCUT2D eigenvalue weighted by Gasteiger charge is -2.10. The Morgan fingerprint density at radius 2 is 1.43 bits per heavy atom. The number of hydrogen-bond acceptors (Lipinski definition) is 3. The molecule has 0 aromatic heterocycles. The van der Waals surface area contributed by atoms with Crippen LogP contribution in [0.15, 0.2) is 94.9 Å². The zero-order chi connectivity index (χ0) is 20.0. The van der Waals surface area contributed by atoms with Crippen LogP contribution in [0, 0.1) is 6.92 Å². The van der Waals surface area contributed by atoms with Crippen molar-refractivity contribution >= 4 is 27.4 Å². The quantitative estimate of drug-likeness (QED) is 0.370. The minimum absolute atomic E-state index is 0.183. The summed E-state index contributed by atoms with van der Waals surface area (Å²) >= 11 is 0. The molecule has 0 saturated heterocycles. The zero-order valence-electron chi connectivity index (χ0n) is 15.8. The Balaban J connectivity index is 1.94. The fraction of sp³-hybridized carbons (Fsp3) is 0.0870. The number of benzene rings is 3. The summed E-state index contributed by atoms with van der Waals surface area (Å²) in [7, 11) is -3.73. The van der Waals surface area contributed by atoms with Gasteiger partial charge in [0.15, 0.2) is 0 Å². The number of hydrogen-bond donors (Lipinski definition) is 1. The highest BCUT2D eigenvalue weighted by atomic mass is 32.2. The van der Waals surface area contributed by atoms with Crippen molar-refractivity contribution in [3.05, 3.63) is 102 Å². The summed E-state index contributed by atoms with van der Waals surface area (Å²) in [6.07, 6.45) is 1.99. The molecule has 4 nitrogen and oxygen atoms in total. The molecular formula is C23H22N2O2S. The second kappa shape index (κ2) is 8.67. The van der Waals surface area contributed by atoms with E-state index in [0.717, 1.165) is 22.3 Å². The molecule has 5 heteroatoms. The Bertz CT molecular complexity index is 1090. The van der Waals surface area contributed by atoms with Crippen LogP contribution in [0.1, 0.15) is 23.6 Å². The van der Waals surface area contributed by atoms with Crippen LogP contribution in [0.5, 0.6) is 0 Å². The van der Waals surface area contributed by atoms with Crippen LogP contribution in [-0.4, -0.2) is 14.1 Å². The number of rotatable bonds is 6. The zero-order valence-corrected chi connectivity index (χ0v) is 16.6. The first-order valence-electron chi connectivity index (χ1n) is 8.91. The molecule has 142 valence electrons. The van der Waals surface area contributed by atoms with Crippen LogP contribution in [0.4, 0.5) is 0 Å². The molecule has 0 atom stereocenters. The van der Waals surface area contributed by atoms with E-state index in [-0.39, 0.29) is 4.90 Å². The third-order valence-electron chi connectivity index (χ3n) is 4.25. The summed E-state index contributed by atoms with van der Waals surface area (Å²) in [6.45, 7) is 3.70. The van der Waals surface area contributed by atoms with E-state index in [1.54, 1.807) is 31.2 Å². The minimum Gasteiger partial charge on any atom is -0.200 e. The molecular weight excluding hydrogens is 368 g/mol.